The molecule has 29 heavy (non-hydrogen) atoms. The number of aryl methyl sites for hydroxylation is 3. The van der Waals surface area contributed by atoms with E-state index in [1.54, 1.807) is 0 Å². The van der Waals surface area contributed by atoms with E-state index in [4.69, 9.17) is 0 Å². The van der Waals surface area contributed by atoms with Crippen LogP contribution in [0.1, 0.15) is 45.5 Å². The average Bonchev–Trinajstić information content (AvgIpc) is 3.24. The summed E-state index contributed by atoms with van der Waals surface area (Å²) >= 11 is 1.85. The van der Waals surface area contributed by atoms with Crippen LogP contribution in [0.3, 0.4) is 0 Å². The van der Waals surface area contributed by atoms with Gasteiger partial charge < -0.3 is 9.80 Å². The van der Waals surface area contributed by atoms with Gasteiger partial charge in [0.25, 0.3) is 5.91 Å². The first-order valence-electron chi connectivity index (χ1n) is 10.6. The fourth-order valence-corrected chi connectivity index (χ4v) is 5.24. The molecule has 0 saturated carbocycles. The standard InChI is InChI=1S/C25H30N2OS/c1-18-14-21-16-27(25(28)23(21)15-19(18)2)13-7-12-26(3)11-6-8-20-17-29-24-10-5-4-9-22(20)24/h4-5,9-10,14-15,17H,6-8,11-13,16H2,1-3H3. The molecule has 3 nitrogen and oxygen atoms in total. The van der Waals surface area contributed by atoms with Gasteiger partial charge in [-0.1, -0.05) is 24.3 Å². The minimum atomic E-state index is 0.204. The summed E-state index contributed by atoms with van der Waals surface area (Å²) in [4.78, 5) is 17.1. The first-order valence-corrected chi connectivity index (χ1v) is 11.4. The van der Waals surface area contributed by atoms with E-state index in [9.17, 15) is 4.79 Å². The van der Waals surface area contributed by atoms with Crippen LogP contribution in [-0.4, -0.2) is 42.4 Å². The van der Waals surface area contributed by atoms with E-state index in [2.05, 4.69) is 67.6 Å². The Balaban J connectivity index is 1.20. The zero-order valence-electron chi connectivity index (χ0n) is 17.7. The molecule has 1 aliphatic rings. The number of carbonyl (C=O) groups excluding carboxylic acids is 1. The predicted molar refractivity (Wildman–Crippen MR) is 123 cm³/mol. The molecule has 0 atom stereocenters. The van der Waals surface area contributed by atoms with Crippen LogP contribution in [-0.2, 0) is 13.0 Å². The maximum Gasteiger partial charge on any atom is 0.254 e. The molecule has 2 aromatic carbocycles. The summed E-state index contributed by atoms with van der Waals surface area (Å²) in [5.41, 5.74) is 6.05. The predicted octanol–water partition coefficient (Wildman–Crippen LogP) is 5.43. The summed E-state index contributed by atoms with van der Waals surface area (Å²) in [6.07, 6.45) is 3.33. The maximum absolute atomic E-state index is 12.7. The van der Waals surface area contributed by atoms with Gasteiger partial charge in [-0.15, -0.1) is 11.3 Å². The smallest absolute Gasteiger partial charge is 0.254 e. The van der Waals surface area contributed by atoms with E-state index in [-0.39, 0.29) is 5.91 Å². The van der Waals surface area contributed by atoms with Gasteiger partial charge >= 0.3 is 0 Å². The molecule has 4 rings (SSSR count). The highest BCUT2D eigenvalue weighted by molar-refractivity contribution is 7.17. The van der Waals surface area contributed by atoms with Crippen molar-refractivity contribution in [2.45, 2.75) is 39.7 Å². The van der Waals surface area contributed by atoms with Crippen molar-refractivity contribution in [2.24, 2.45) is 0 Å². The van der Waals surface area contributed by atoms with E-state index in [0.717, 1.165) is 44.6 Å². The number of amides is 1. The Labute approximate surface area is 178 Å². The second-order valence-electron chi connectivity index (χ2n) is 8.34. The molecule has 0 saturated heterocycles. The number of benzene rings is 2. The Bertz CT molecular complexity index is 1020. The van der Waals surface area contributed by atoms with Gasteiger partial charge in [0.15, 0.2) is 0 Å². The van der Waals surface area contributed by atoms with E-state index in [0.29, 0.717) is 0 Å². The average molecular weight is 407 g/mol. The van der Waals surface area contributed by atoms with Crippen molar-refractivity contribution in [2.75, 3.05) is 26.7 Å². The van der Waals surface area contributed by atoms with Gasteiger partial charge in [0.1, 0.15) is 0 Å². The van der Waals surface area contributed by atoms with Crippen LogP contribution in [0, 0.1) is 13.8 Å². The lowest BCUT2D eigenvalue weighted by atomic mass is 10.0. The fourth-order valence-electron chi connectivity index (χ4n) is 4.24. The van der Waals surface area contributed by atoms with E-state index in [1.807, 2.05) is 16.2 Å². The van der Waals surface area contributed by atoms with Gasteiger partial charge in [-0.3, -0.25) is 4.79 Å². The van der Waals surface area contributed by atoms with E-state index in [1.165, 1.54) is 38.8 Å². The van der Waals surface area contributed by atoms with Gasteiger partial charge in [-0.05, 0) is 98.4 Å². The van der Waals surface area contributed by atoms with E-state index < -0.39 is 0 Å². The number of hydrogen-bond donors (Lipinski definition) is 0. The first-order chi connectivity index (χ1) is 14.0. The van der Waals surface area contributed by atoms with Crippen molar-refractivity contribution in [1.29, 1.82) is 0 Å². The molecular formula is C25H30N2OS. The molecule has 0 spiro atoms. The quantitative estimate of drug-likeness (QED) is 0.498. The minimum Gasteiger partial charge on any atom is -0.334 e. The van der Waals surface area contributed by atoms with Gasteiger partial charge in [-0.25, -0.2) is 0 Å². The molecule has 0 fully saturated rings. The SMILES string of the molecule is Cc1cc2c(cc1C)C(=O)N(CCCN(C)CCCc1csc3ccccc13)C2. The van der Waals surface area contributed by atoms with Gasteiger partial charge in [0.05, 0.1) is 0 Å². The lowest BCUT2D eigenvalue weighted by molar-refractivity contribution is 0.0772. The molecule has 0 unspecified atom stereocenters. The van der Waals surface area contributed by atoms with Gasteiger partial charge in [-0.2, -0.15) is 0 Å². The molecule has 2 heterocycles. The summed E-state index contributed by atoms with van der Waals surface area (Å²) < 4.78 is 1.39. The summed E-state index contributed by atoms with van der Waals surface area (Å²) in [5, 5.41) is 3.72. The Morgan fingerprint density at radius 3 is 2.69 bits per heavy atom. The third-order valence-electron chi connectivity index (χ3n) is 6.11. The highest BCUT2D eigenvalue weighted by Gasteiger charge is 2.27. The molecule has 1 aromatic heterocycles. The van der Waals surface area contributed by atoms with Crippen LogP contribution < -0.4 is 0 Å². The number of hydrogen-bond acceptors (Lipinski definition) is 3. The Hall–Kier alpha value is -2.17. The second-order valence-corrected chi connectivity index (χ2v) is 9.25. The maximum atomic E-state index is 12.7. The molecule has 1 aliphatic heterocycles. The van der Waals surface area contributed by atoms with Crippen molar-refractivity contribution in [3.63, 3.8) is 0 Å². The first kappa shape index (κ1) is 20.1. The molecule has 1 amide bonds. The summed E-state index contributed by atoms with van der Waals surface area (Å²) in [7, 11) is 2.19. The van der Waals surface area contributed by atoms with Crippen LogP contribution in [0.15, 0.2) is 41.8 Å². The number of carbonyl (C=O) groups is 1. The van der Waals surface area contributed by atoms with Gasteiger partial charge in [0, 0.05) is 23.4 Å². The zero-order valence-corrected chi connectivity index (χ0v) is 18.5. The number of rotatable bonds is 8. The normalized spacial score (nSPS) is 13.7. The third-order valence-corrected chi connectivity index (χ3v) is 7.13. The molecule has 0 N–H and O–H groups in total. The van der Waals surface area contributed by atoms with E-state index >= 15 is 0 Å². The molecule has 0 radical (unpaired) electrons. The second kappa shape index (κ2) is 8.68. The van der Waals surface area contributed by atoms with Crippen LogP contribution in [0.25, 0.3) is 10.1 Å². The van der Waals surface area contributed by atoms with Crippen molar-refractivity contribution in [1.82, 2.24) is 9.80 Å². The van der Waals surface area contributed by atoms with Gasteiger partial charge in [0.2, 0.25) is 0 Å². The molecule has 3 aromatic rings. The zero-order chi connectivity index (χ0) is 20.4. The molecule has 152 valence electrons. The highest BCUT2D eigenvalue weighted by atomic mass is 32.1. The van der Waals surface area contributed by atoms with Crippen LogP contribution in [0.4, 0.5) is 0 Å². The summed E-state index contributed by atoms with van der Waals surface area (Å²) in [5.74, 6) is 0.204. The Morgan fingerprint density at radius 2 is 1.83 bits per heavy atom. The molecular weight excluding hydrogens is 376 g/mol. The topological polar surface area (TPSA) is 23.6 Å². The molecule has 0 aliphatic carbocycles. The number of fused-ring (bicyclic) bond motifs is 2. The lowest BCUT2D eigenvalue weighted by Gasteiger charge is -2.20. The van der Waals surface area contributed by atoms with Crippen molar-refractivity contribution < 1.29 is 4.79 Å². The van der Waals surface area contributed by atoms with Crippen molar-refractivity contribution in [3.05, 3.63) is 69.6 Å². The largest absolute Gasteiger partial charge is 0.334 e. The summed E-state index contributed by atoms with van der Waals surface area (Å²) in [6, 6.07) is 12.9. The fraction of sp³-hybridized carbons (Fsp3) is 0.400. The molecule has 4 heteroatoms. The highest BCUT2D eigenvalue weighted by Crippen LogP contribution is 2.27. The monoisotopic (exact) mass is 406 g/mol. The van der Waals surface area contributed by atoms with Crippen molar-refractivity contribution >= 4 is 27.3 Å². The lowest BCUT2D eigenvalue weighted by Crippen LogP contribution is -2.29. The van der Waals surface area contributed by atoms with Crippen LogP contribution in [0.2, 0.25) is 0 Å². The Morgan fingerprint density at radius 1 is 1.07 bits per heavy atom. The Kier molecular flexibility index (Phi) is 6.02. The third kappa shape index (κ3) is 4.39. The van der Waals surface area contributed by atoms with Crippen molar-refractivity contribution in [3.8, 4) is 0 Å². The summed E-state index contributed by atoms with van der Waals surface area (Å²) in [6.45, 7) is 7.94. The number of thiophene rings is 1. The van der Waals surface area contributed by atoms with Crippen LogP contribution >= 0.6 is 11.3 Å². The van der Waals surface area contributed by atoms with Crippen LogP contribution in [0.5, 0.6) is 0 Å². The molecule has 0 bridgehead atoms. The minimum absolute atomic E-state index is 0.204. The number of nitrogens with zero attached hydrogens (tertiary/aromatic N) is 2.